The Balaban J connectivity index is 1.88. The van der Waals surface area contributed by atoms with E-state index in [0.717, 1.165) is 12.1 Å². The van der Waals surface area contributed by atoms with Crippen LogP contribution >= 0.6 is 12.2 Å². The van der Waals surface area contributed by atoms with Gasteiger partial charge in [-0.25, -0.2) is 0 Å². The van der Waals surface area contributed by atoms with Gasteiger partial charge in [0.25, 0.3) is 0 Å². The van der Waals surface area contributed by atoms with Crippen molar-refractivity contribution in [1.82, 2.24) is 9.13 Å². The van der Waals surface area contributed by atoms with Crippen LogP contribution in [0.3, 0.4) is 0 Å². The van der Waals surface area contributed by atoms with E-state index in [0.29, 0.717) is 11.3 Å². The molecule has 1 aromatic heterocycles. The Kier molecular flexibility index (Phi) is 4.44. The highest BCUT2D eigenvalue weighted by atomic mass is 32.1. The number of imidazole rings is 1. The molecule has 2 aromatic carbocycles. The van der Waals surface area contributed by atoms with Crippen LogP contribution in [0.5, 0.6) is 5.88 Å². The molecular formula is C19H18N2OS. The SMILES string of the molecule is C=CCn1cc(O)n(-c2ccc(Cc3ccccc3)cc2)c1=S. The van der Waals surface area contributed by atoms with Gasteiger partial charge in [-0.3, -0.25) is 4.57 Å². The Bertz CT molecular complexity index is 861. The number of aromatic hydroxyl groups is 1. The van der Waals surface area contributed by atoms with Crippen LogP contribution in [0.1, 0.15) is 11.1 Å². The fourth-order valence-electron chi connectivity index (χ4n) is 2.59. The molecule has 0 radical (unpaired) electrons. The van der Waals surface area contributed by atoms with Gasteiger partial charge in [0.15, 0.2) is 4.77 Å². The molecule has 3 aromatic rings. The summed E-state index contributed by atoms with van der Waals surface area (Å²) >= 11 is 5.42. The van der Waals surface area contributed by atoms with Crippen molar-refractivity contribution in [1.29, 1.82) is 0 Å². The van der Waals surface area contributed by atoms with Crippen molar-refractivity contribution in [3.63, 3.8) is 0 Å². The van der Waals surface area contributed by atoms with Gasteiger partial charge in [-0.15, -0.1) is 6.58 Å². The molecule has 1 N–H and O–H groups in total. The molecule has 0 aliphatic rings. The molecule has 0 saturated heterocycles. The summed E-state index contributed by atoms with van der Waals surface area (Å²) in [6, 6.07) is 18.4. The minimum atomic E-state index is 0.132. The predicted molar refractivity (Wildman–Crippen MR) is 95.7 cm³/mol. The highest BCUT2D eigenvalue weighted by Crippen LogP contribution is 2.21. The van der Waals surface area contributed by atoms with Crippen LogP contribution in [-0.2, 0) is 13.0 Å². The van der Waals surface area contributed by atoms with E-state index in [1.807, 2.05) is 30.3 Å². The van der Waals surface area contributed by atoms with Crippen molar-refractivity contribution in [3.05, 3.63) is 89.3 Å². The molecule has 3 rings (SSSR count). The summed E-state index contributed by atoms with van der Waals surface area (Å²) in [5.41, 5.74) is 3.35. The monoisotopic (exact) mass is 322 g/mol. The average Bonchev–Trinajstić information content (AvgIpc) is 2.84. The van der Waals surface area contributed by atoms with Crippen LogP contribution in [-0.4, -0.2) is 14.2 Å². The molecule has 1 heterocycles. The molecule has 0 unspecified atom stereocenters. The lowest BCUT2D eigenvalue weighted by molar-refractivity contribution is 0.441. The smallest absolute Gasteiger partial charge is 0.214 e. The van der Waals surface area contributed by atoms with Gasteiger partial charge in [0.2, 0.25) is 5.88 Å². The van der Waals surface area contributed by atoms with Crippen molar-refractivity contribution < 1.29 is 5.11 Å². The van der Waals surface area contributed by atoms with E-state index in [4.69, 9.17) is 12.2 Å². The fourth-order valence-corrected chi connectivity index (χ4v) is 2.91. The molecule has 0 saturated carbocycles. The molecule has 0 aliphatic heterocycles. The minimum Gasteiger partial charge on any atom is -0.493 e. The molecule has 0 aliphatic carbocycles. The molecule has 116 valence electrons. The first-order chi connectivity index (χ1) is 11.2. The van der Waals surface area contributed by atoms with Gasteiger partial charge in [0.1, 0.15) is 0 Å². The number of rotatable bonds is 5. The van der Waals surface area contributed by atoms with E-state index >= 15 is 0 Å². The van der Waals surface area contributed by atoms with E-state index in [9.17, 15) is 5.11 Å². The van der Waals surface area contributed by atoms with E-state index in [1.165, 1.54) is 11.1 Å². The molecule has 0 fully saturated rings. The van der Waals surface area contributed by atoms with Crippen LogP contribution in [0.2, 0.25) is 0 Å². The average molecular weight is 322 g/mol. The van der Waals surface area contributed by atoms with Gasteiger partial charge in [0.05, 0.1) is 11.9 Å². The Morgan fingerprint density at radius 2 is 1.65 bits per heavy atom. The second-order valence-corrected chi connectivity index (χ2v) is 5.74. The summed E-state index contributed by atoms with van der Waals surface area (Å²) in [4.78, 5) is 0. The summed E-state index contributed by atoms with van der Waals surface area (Å²) in [6.45, 7) is 4.28. The van der Waals surface area contributed by atoms with Gasteiger partial charge in [-0.1, -0.05) is 48.5 Å². The van der Waals surface area contributed by atoms with E-state index in [1.54, 1.807) is 21.4 Å². The van der Waals surface area contributed by atoms with Crippen LogP contribution < -0.4 is 0 Å². The van der Waals surface area contributed by atoms with Gasteiger partial charge in [0, 0.05) is 6.54 Å². The Hall–Kier alpha value is -2.59. The summed E-state index contributed by atoms with van der Waals surface area (Å²) in [7, 11) is 0. The molecule has 0 atom stereocenters. The predicted octanol–water partition coefficient (Wildman–Crippen LogP) is 4.49. The lowest BCUT2D eigenvalue weighted by Gasteiger charge is -2.07. The van der Waals surface area contributed by atoms with E-state index < -0.39 is 0 Å². The minimum absolute atomic E-state index is 0.132. The van der Waals surface area contributed by atoms with Crippen molar-refractivity contribution in [3.8, 4) is 11.6 Å². The zero-order chi connectivity index (χ0) is 16.2. The first kappa shape index (κ1) is 15.3. The molecule has 0 amide bonds. The molecule has 4 heteroatoms. The van der Waals surface area contributed by atoms with Crippen LogP contribution in [0.4, 0.5) is 0 Å². The second kappa shape index (κ2) is 6.67. The lowest BCUT2D eigenvalue weighted by atomic mass is 10.0. The van der Waals surface area contributed by atoms with Gasteiger partial charge in [-0.2, -0.15) is 0 Å². The molecule has 0 spiro atoms. The Morgan fingerprint density at radius 1 is 1.00 bits per heavy atom. The van der Waals surface area contributed by atoms with E-state index in [-0.39, 0.29) is 5.88 Å². The second-order valence-electron chi connectivity index (χ2n) is 5.38. The van der Waals surface area contributed by atoms with Crippen LogP contribution in [0, 0.1) is 4.77 Å². The summed E-state index contributed by atoms with van der Waals surface area (Å²) < 4.78 is 4.00. The van der Waals surface area contributed by atoms with Gasteiger partial charge >= 0.3 is 0 Å². The number of hydrogen-bond donors (Lipinski definition) is 1. The van der Waals surface area contributed by atoms with E-state index in [2.05, 4.69) is 30.8 Å². The standard InChI is InChI=1S/C19H18N2OS/c1-2-12-20-14-18(22)21(19(20)23)17-10-8-16(9-11-17)13-15-6-4-3-5-7-15/h2-11,14,22H,1,12-13H2. The maximum Gasteiger partial charge on any atom is 0.214 e. The molecule has 0 bridgehead atoms. The maximum atomic E-state index is 10.1. The summed E-state index contributed by atoms with van der Waals surface area (Å²) in [6.07, 6.45) is 4.26. The lowest BCUT2D eigenvalue weighted by Crippen LogP contribution is -1.98. The number of hydrogen-bond acceptors (Lipinski definition) is 2. The fraction of sp³-hybridized carbons (Fsp3) is 0.105. The summed E-state index contributed by atoms with van der Waals surface area (Å²) in [5, 5.41) is 10.1. The molecule has 23 heavy (non-hydrogen) atoms. The highest BCUT2D eigenvalue weighted by molar-refractivity contribution is 7.71. The normalized spacial score (nSPS) is 10.6. The maximum absolute atomic E-state index is 10.1. The third-order valence-corrected chi connectivity index (χ3v) is 4.13. The first-order valence-corrected chi connectivity index (χ1v) is 7.85. The zero-order valence-electron chi connectivity index (χ0n) is 12.7. The molecule has 3 nitrogen and oxygen atoms in total. The van der Waals surface area contributed by atoms with Crippen molar-refractivity contribution in [2.75, 3.05) is 0 Å². The first-order valence-electron chi connectivity index (χ1n) is 7.44. The third kappa shape index (κ3) is 3.27. The number of nitrogens with zero attached hydrogens (tertiary/aromatic N) is 2. The van der Waals surface area contributed by atoms with Gasteiger partial charge in [-0.05, 0) is 41.9 Å². The van der Waals surface area contributed by atoms with Crippen molar-refractivity contribution in [2.24, 2.45) is 0 Å². The van der Waals surface area contributed by atoms with Crippen LogP contribution in [0.25, 0.3) is 5.69 Å². The Morgan fingerprint density at radius 3 is 2.30 bits per heavy atom. The topological polar surface area (TPSA) is 30.1 Å². The largest absolute Gasteiger partial charge is 0.493 e. The third-order valence-electron chi connectivity index (χ3n) is 3.71. The molecular weight excluding hydrogens is 304 g/mol. The number of benzene rings is 2. The quantitative estimate of drug-likeness (QED) is 0.554. The highest BCUT2D eigenvalue weighted by Gasteiger charge is 2.08. The number of allylic oxidation sites excluding steroid dienone is 1. The zero-order valence-corrected chi connectivity index (χ0v) is 13.5. The summed E-state index contributed by atoms with van der Waals surface area (Å²) in [5.74, 6) is 0.132. The van der Waals surface area contributed by atoms with Crippen LogP contribution in [0.15, 0.2) is 73.4 Å². The van der Waals surface area contributed by atoms with Gasteiger partial charge < -0.3 is 9.67 Å². The Labute approximate surface area is 140 Å². The van der Waals surface area contributed by atoms with Crippen molar-refractivity contribution in [2.45, 2.75) is 13.0 Å². The van der Waals surface area contributed by atoms with Crippen molar-refractivity contribution >= 4 is 12.2 Å². The number of aromatic nitrogens is 2.